The lowest BCUT2D eigenvalue weighted by atomic mass is 9.90. The number of piperidine rings is 1. The number of phenolic OH excluding ortho intramolecular Hbond substituents is 2. The van der Waals surface area contributed by atoms with Crippen molar-refractivity contribution in [2.45, 2.75) is 38.8 Å². The number of hydrogen-bond donors (Lipinski definition) is 3. The average Bonchev–Trinajstić information content (AvgIpc) is 2.37. The minimum Gasteiger partial charge on any atom is -0.508 e. The van der Waals surface area contributed by atoms with Gasteiger partial charge in [0, 0.05) is 24.7 Å². The Morgan fingerprint density at radius 3 is 2.42 bits per heavy atom. The van der Waals surface area contributed by atoms with E-state index in [-0.39, 0.29) is 23.6 Å². The maximum atomic E-state index is 9.58. The molecule has 106 valence electrons. The van der Waals surface area contributed by atoms with Gasteiger partial charge in [0.25, 0.3) is 0 Å². The van der Waals surface area contributed by atoms with Gasteiger partial charge in [0.1, 0.15) is 11.5 Å². The molecule has 19 heavy (non-hydrogen) atoms. The zero-order valence-electron chi connectivity index (χ0n) is 11.7. The molecule has 0 spiro atoms. The molecule has 1 aromatic rings. The molecule has 1 fully saturated rings. The largest absolute Gasteiger partial charge is 0.508 e. The van der Waals surface area contributed by atoms with Gasteiger partial charge in [-0.05, 0) is 56.8 Å². The van der Waals surface area contributed by atoms with Crippen molar-refractivity contribution in [1.82, 2.24) is 4.90 Å². The predicted octanol–water partition coefficient (Wildman–Crippen LogP) is 2.22. The number of aromatic hydroxyl groups is 2. The first kappa shape index (κ1) is 14.2. The van der Waals surface area contributed by atoms with E-state index >= 15 is 0 Å². The van der Waals surface area contributed by atoms with Crippen LogP contribution in [0.2, 0.25) is 0 Å². The van der Waals surface area contributed by atoms with Crippen molar-refractivity contribution in [3.05, 3.63) is 23.8 Å². The van der Waals surface area contributed by atoms with Gasteiger partial charge in [0.15, 0.2) is 0 Å². The maximum Gasteiger partial charge on any atom is 0.119 e. The topological polar surface area (TPSA) is 69.7 Å². The minimum absolute atomic E-state index is 0.114. The van der Waals surface area contributed by atoms with E-state index in [0.717, 1.165) is 25.1 Å². The fraction of sp³-hybridized carbons (Fsp3) is 0.600. The monoisotopic (exact) mass is 264 g/mol. The third-order valence-corrected chi connectivity index (χ3v) is 4.19. The van der Waals surface area contributed by atoms with Gasteiger partial charge < -0.3 is 15.9 Å². The van der Waals surface area contributed by atoms with Crippen molar-refractivity contribution in [1.29, 1.82) is 0 Å². The first-order valence-corrected chi connectivity index (χ1v) is 7.00. The molecule has 1 aliphatic rings. The second-order valence-corrected chi connectivity index (χ2v) is 5.72. The molecule has 0 bridgehead atoms. The van der Waals surface area contributed by atoms with Crippen molar-refractivity contribution in [3.63, 3.8) is 0 Å². The summed E-state index contributed by atoms with van der Waals surface area (Å²) in [4.78, 5) is 2.38. The zero-order valence-corrected chi connectivity index (χ0v) is 11.7. The van der Waals surface area contributed by atoms with Crippen molar-refractivity contribution in [2.75, 3.05) is 13.1 Å². The molecular weight excluding hydrogens is 240 g/mol. The first-order valence-electron chi connectivity index (χ1n) is 7.00. The Morgan fingerprint density at radius 1 is 1.21 bits per heavy atom. The number of benzene rings is 1. The lowest BCUT2D eigenvalue weighted by molar-refractivity contribution is 0.121. The van der Waals surface area contributed by atoms with Crippen LogP contribution in [0.4, 0.5) is 0 Å². The van der Waals surface area contributed by atoms with Crippen molar-refractivity contribution in [3.8, 4) is 11.5 Å². The maximum absolute atomic E-state index is 9.58. The van der Waals surface area contributed by atoms with Crippen molar-refractivity contribution < 1.29 is 10.2 Å². The lowest BCUT2D eigenvalue weighted by Crippen LogP contribution is -2.43. The van der Waals surface area contributed by atoms with E-state index in [1.165, 1.54) is 12.5 Å². The molecule has 4 N–H and O–H groups in total. The highest BCUT2D eigenvalue weighted by atomic mass is 16.3. The molecule has 0 amide bonds. The molecule has 1 saturated heterocycles. The number of hydrogen-bond acceptors (Lipinski definition) is 4. The number of rotatable bonds is 3. The lowest BCUT2D eigenvalue weighted by Gasteiger charge is -2.38. The van der Waals surface area contributed by atoms with Crippen LogP contribution < -0.4 is 5.73 Å². The number of likely N-dealkylation sites (tertiary alicyclic amines) is 1. The second kappa shape index (κ2) is 5.80. The van der Waals surface area contributed by atoms with E-state index in [9.17, 15) is 10.2 Å². The molecule has 0 aromatic heterocycles. The summed E-state index contributed by atoms with van der Waals surface area (Å²) in [7, 11) is 0. The fourth-order valence-electron chi connectivity index (χ4n) is 2.89. The first-order chi connectivity index (χ1) is 8.97. The van der Waals surface area contributed by atoms with E-state index in [4.69, 9.17) is 5.73 Å². The van der Waals surface area contributed by atoms with E-state index in [1.54, 1.807) is 12.1 Å². The molecule has 3 atom stereocenters. The van der Waals surface area contributed by atoms with Gasteiger partial charge in [-0.15, -0.1) is 0 Å². The molecule has 0 saturated carbocycles. The highest BCUT2D eigenvalue weighted by Crippen LogP contribution is 2.31. The number of nitrogens with two attached hydrogens (primary N) is 1. The Hall–Kier alpha value is -1.26. The van der Waals surface area contributed by atoms with Gasteiger partial charge in [-0.3, -0.25) is 4.90 Å². The molecule has 0 aliphatic carbocycles. The van der Waals surface area contributed by atoms with Crippen molar-refractivity contribution in [2.24, 2.45) is 11.7 Å². The summed E-state index contributed by atoms with van der Waals surface area (Å²) in [6.45, 7) is 6.20. The number of phenols is 2. The van der Waals surface area contributed by atoms with Gasteiger partial charge in [0.2, 0.25) is 0 Å². The predicted molar refractivity (Wildman–Crippen MR) is 76.1 cm³/mol. The summed E-state index contributed by atoms with van der Waals surface area (Å²) in [6, 6.07) is 5.20. The van der Waals surface area contributed by atoms with Crippen LogP contribution in [0.1, 0.15) is 38.3 Å². The summed E-state index contributed by atoms with van der Waals surface area (Å²) in [5, 5.41) is 19.2. The number of nitrogens with zero attached hydrogens (tertiary/aromatic N) is 1. The third kappa shape index (κ3) is 3.39. The van der Waals surface area contributed by atoms with E-state index in [2.05, 4.69) is 18.7 Å². The molecule has 0 radical (unpaired) electrons. The quantitative estimate of drug-likeness (QED) is 0.783. The Kier molecular flexibility index (Phi) is 4.32. The van der Waals surface area contributed by atoms with Gasteiger partial charge in [-0.2, -0.15) is 0 Å². The summed E-state index contributed by atoms with van der Waals surface area (Å²) in [6.07, 6.45) is 2.34. The van der Waals surface area contributed by atoms with E-state index < -0.39 is 0 Å². The molecule has 1 heterocycles. The van der Waals surface area contributed by atoms with Gasteiger partial charge in [-0.25, -0.2) is 0 Å². The van der Waals surface area contributed by atoms with Crippen LogP contribution in [0.15, 0.2) is 18.2 Å². The standard InChI is InChI=1S/C15H24N2O2/c1-10(16)12-4-3-5-17(9-12)11(2)13-6-14(18)8-15(19)7-13/h6-8,10-12,18-19H,3-5,9,16H2,1-2H3. The molecular formula is C15H24N2O2. The SMILES string of the molecule is CC(N)C1CCCN(C(C)c2cc(O)cc(O)c2)C1. The van der Waals surface area contributed by atoms with Crippen LogP contribution in [0.5, 0.6) is 11.5 Å². The Morgan fingerprint density at radius 2 is 1.84 bits per heavy atom. The van der Waals surface area contributed by atoms with E-state index in [0.29, 0.717) is 5.92 Å². The van der Waals surface area contributed by atoms with Crippen LogP contribution in [0.25, 0.3) is 0 Å². The Bertz CT molecular complexity index is 414. The average molecular weight is 264 g/mol. The highest BCUT2D eigenvalue weighted by Gasteiger charge is 2.26. The van der Waals surface area contributed by atoms with Crippen LogP contribution >= 0.6 is 0 Å². The molecule has 1 aliphatic heterocycles. The zero-order chi connectivity index (χ0) is 14.0. The summed E-state index contributed by atoms with van der Waals surface area (Å²) in [5.74, 6) is 0.757. The molecule has 1 aromatic carbocycles. The van der Waals surface area contributed by atoms with Crippen molar-refractivity contribution >= 4 is 0 Å². The van der Waals surface area contributed by atoms with Gasteiger partial charge >= 0.3 is 0 Å². The summed E-state index contributed by atoms with van der Waals surface area (Å²) < 4.78 is 0. The summed E-state index contributed by atoms with van der Waals surface area (Å²) >= 11 is 0. The van der Waals surface area contributed by atoms with Gasteiger partial charge in [-0.1, -0.05) is 0 Å². The summed E-state index contributed by atoms with van der Waals surface area (Å²) in [5.41, 5.74) is 6.96. The van der Waals surface area contributed by atoms with Crippen LogP contribution in [-0.4, -0.2) is 34.2 Å². The van der Waals surface area contributed by atoms with Crippen LogP contribution in [-0.2, 0) is 0 Å². The Labute approximate surface area is 114 Å². The van der Waals surface area contributed by atoms with Crippen LogP contribution in [0.3, 0.4) is 0 Å². The second-order valence-electron chi connectivity index (χ2n) is 5.72. The molecule has 4 heteroatoms. The smallest absolute Gasteiger partial charge is 0.119 e. The normalized spacial score (nSPS) is 24.1. The molecule has 2 rings (SSSR count). The molecule has 4 nitrogen and oxygen atoms in total. The highest BCUT2D eigenvalue weighted by molar-refractivity contribution is 5.38. The Balaban J connectivity index is 2.12. The minimum atomic E-state index is 0.114. The van der Waals surface area contributed by atoms with Gasteiger partial charge in [0.05, 0.1) is 0 Å². The fourth-order valence-corrected chi connectivity index (χ4v) is 2.89. The van der Waals surface area contributed by atoms with E-state index in [1.807, 2.05) is 0 Å². The third-order valence-electron chi connectivity index (χ3n) is 4.19. The molecule has 3 unspecified atom stereocenters. The van der Waals surface area contributed by atoms with Crippen LogP contribution in [0, 0.1) is 5.92 Å².